The molecule has 5 heteroatoms. The van der Waals surface area contributed by atoms with Gasteiger partial charge in [0, 0.05) is 23.4 Å². The number of nitrogens with one attached hydrogen (secondary N) is 1. The summed E-state index contributed by atoms with van der Waals surface area (Å²) in [5.74, 6) is 0.951. The Labute approximate surface area is 128 Å². The minimum atomic E-state index is 0.118. The zero-order valence-electron chi connectivity index (χ0n) is 12.3. The number of anilines is 1. The fourth-order valence-corrected chi connectivity index (χ4v) is 4.20. The van der Waals surface area contributed by atoms with Gasteiger partial charge in [-0.05, 0) is 26.0 Å². The van der Waals surface area contributed by atoms with Gasteiger partial charge >= 0.3 is 0 Å². The second kappa shape index (κ2) is 4.71. The molecule has 1 aromatic carbocycles. The highest BCUT2D eigenvalue weighted by Crippen LogP contribution is 2.41. The van der Waals surface area contributed by atoms with Crippen LogP contribution in [0.1, 0.15) is 18.7 Å². The van der Waals surface area contributed by atoms with Crippen molar-refractivity contribution in [3.63, 3.8) is 0 Å². The van der Waals surface area contributed by atoms with Crippen molar-refractivity contribution in [1.82, 2.24) is 10.3 Å². The number of benzene rings is 1. The molecule has 2 aliphatic heterocycles. The number of aromatic nitrogens is 1. The largest absolute Gasteiger partial charge is 0.493 e. The Hall–Kier alpha value is -1.59. The molecule has 1 saturated heterocycles. The number of para-hydroxylation sites is 1. The molecule has 1 N–H and O–H groups in total. The van der Waals surface area contributed by atoms with Crippen LogP contribution in [0, 0.1) is 0 Å². The van der Waals surface area contributed by atoms with Crippen LogP contribution in [0.25, 0.3) is 11.3 Å². The van der Waals surface area contributed by atoms with Crippen molar-refractivity contribution in [2.24, 2.45) is 0 Å². The lowest BCUT2D eigenvalue weighted by Crippen LogP contribution is -2.40. The van der Waals surface area contributed by atoms with E-state index in [2.05, 4.69) is 36.2 Å². The molecular formula is C16H19N3OS. The molecule has 3 heterocycles. The highest BCUT2D eigenvalue weighted by atomic mass is 32.1. The summed E-state index contributed by atoms with van der Waals surface area (Å²) >= 11 is 1.81. The van der Waals surface area contributed by atoms with Crippen LogP contribution in [0.3, 0.4) is 0 Å². The summed E-state index contributed by atoms with van der Waals surface area (Å²) in [5.41, 5.74) is 2.34. The number of rotatable bonds is 1. The Morgan fingerprint density at radius 1 is 1.33 bits per heavy atom. The van der Waals surface area contributed by atoms with Gasteiger partial charge in [-0.25, -0.2) is 4.98 Å². The zero-order valence-corrected chi connectivity index (χ0v) is 13.2. The van der Waals surface area contributed by atoms with Crippen molar-refractivity contribution in [3.8, 4) is 17.0 Å². The molecule has 110 valence electrons. The van der Waals surface area contributed by atoms with Gasteiger partial charge in [0.25, 0.3) is 0 Å². The maximum absolute atomic E-state index is 5.84. The van der Waals surface area contributed by atoms with Crippen molar-refractivity contribution >= 4 is 16.5 Å². The second-order valence-corrected chi connectivity index (χ2v) is 7.25. The van der Waals surface area contributed by atoms with E-state index in [1.54, 1.807) is 11.3 Å². The molecule has 0 spiro atoms. The van der Waals surface area contributed by atoms with E-state index in [0.717, 1.165) is 48.4 Å². The average molecular weight is 301 g/mol. The predicted molar refractivity (Wildman–Crippen MR) is 86.2 cm³/mol. The molecule has 1 fully saturated rings. The van der Waals surface area contributed by atoms with Gasteiger partial charge in [0.05, 0.1) is 24.5 Å². The van der Waals surface area contributed by atoms with Crippen LogP contribution in [0.2, 0.25) is 0 Å². The van der Waals surface area contributed by atoms with Gasteiger partial charge in [0.1, 0.15) is 5.75 Å². The highest BCUT2D eigenvalue weighted by molar-refractivity contribution is 7.16. The molecule has 0 amide bonds. The standard InChI is InChI=1S/C16H19N3OS/c1-16(2)9-17-10-19(16)15-18-14-11-5-3-4-6-12(11)20-8-7-13(14)21-15/h3-6,17H,7-10H2,1-2H3. The first-order valence-corrected chi connectivity index (χ1v) is 8.17. The Morgan fingerprint density at radius 2 is 2.19 bits per heavy atom. The molecule has 2 aliphatic rings. The smallest absolute Gasteiger partial charge is 0.187 e. The third kappa shape index (κ3) is 2.12. The molecule has 0 atom stereocenters. The van der Waals surface area contributed by atoms with Gasteiger partial charge in [-0.3, -0.25) is 5.32 Å². The van der Waals surface area contributed by atoms with Crippen LogP contribution in [0.15, 0.2) is 24.3 Å². The maximum Gasteiger partial charge on any atom is 0.187 e. The first-order chi connectivity index (χ1) is 10.1. The molecule has 0 aliphatic carbocycles. The maximum atomic E-state index is 5.84. The highest BCUT2D eigenvalue weighted by Gasteiger charge is 2.34. The molecule has 21 heavy (non-hydrogen) atoms. The number of thiazole rings is 1. The summed E-state index contributed by atoms with van der Waals surface area (Å²) in [5, 5.41) is 4.56. The third-order valence-electron chi connectivity index (χ3n) is 4.20. The molecule has 0 radical (unpaired) electrons. The predicted octanol–water partition coefficient (Wildman–Crippen LogP) is 2.89. The van der Waals surface area contributed by atoms with E-state index in [9.17, 15) is 0 Å². The number of nitrogens with zero attached hydrogens (tertiary/aromatic N) is 2. The number of fused-ring (bicyclic) bond motifs is 3. The van der Waals surface area contributed by atoms with Crippen LogP contribution in [-0.2, 0) is 6.42 Å². The minimum Gasteiger partial charge on any atom is -0.493 e. The van der Waals surface area contributed by atoms with Crippen LogP contribution < -0.4 is 15.0 Å². The zero-order chi connectivity index (χ0) is 14.4. The van der Waals surface area contributed by atoms with Gasteiger partial charge in [-0.2, -0.15) is 0 Å². The van der Waals surface area contributed by atoms with Crippen LogP contribution in [0.5, 0.6) is 5.75 Å². The topological polar surface area (TPSA) is 37.4 Å². The lowest BCUT2D eigenvalue weighted by molar-refractivity contribution is 0.327. The van der Waals surface area contributed by atoms with E-state index >= 15 is 0 Å². The van der Waals surface area contributed by atoms with Gasteiger partial charge in [-0.15, -0.1) is 11.3 Å². The van der Waals surface area contributed by atoms with Gasteiger partial charge in [0.2, 0.25) is 0 Å². The van der Waals surface area contributed by atoms with Gasteiger partial charge < -0.3 is 9.64 Å². The number of hydrogen-bond acceptors (Lipinski definition) is 5. The van der Waals surface area contributed by atoms with Crippen LogP contribution in [0.4, 0.5) is 5.13 Å². The second-order valence-electron chi connectivity index (χ2n) is 6.19. The number of hydrogen-bond donors (Lipinski definition) is 1. The molecule has 4 rings (SSSR count). The normalized spacial score (nSPS) is 19.6. The molecular weight excluding hydrogens is 282 g/mol. The molecule has 1 aromatic heterocycles. The van der Waals surface area contributed by atoms with Crippen molar-refractivity contribution in [2.45, 2.75) is 25.8 Å². The Kier molecular flexibility index (Phi) is 2.94. The first kappa shape index (κ1) is 13.1. The average Bonchev–Trinajstić information content (AvgIpc) is 2.98. The fourth-order valence-electron chi connectivity index (χ4n) is 2.99. The van der Waals surface area contributed by atoms with Gasteiger partial charge in [0.15, 0.2) is 5.13 Å². The summed E-state index contributed by atoms with van der Waals surface area (Å²) in [4.78, 5) is 8.66. The lowest BCUT2D eigenvalue weighted by Gasteiger charge is -2.29. The summed E-state index contributed by atoms with van der Waals surface area (Å²) in [7, 11) is 0. The fraction of sp³-hybridized carbons (Fsp3) is 0.438. The SMILES string of the molecule is CC1(C)CNCN1c1nc2c(s1)CCOc1ccccc1-2. The van der Waals surface area contributed by atoms with E-state index in [1.165, 1.54) is 4.88 Å². The third-order valence-corrected chi connectivity index (χ3v) is 5.34. The monoisotopic (exact) mass is 301 g/mol. The number of ether oxygens (including phenoxy) is 1. The van der Waals surface area contributed by atoms with Crippen molar-refractivity contribution in [2.75, 3.05) is 24.7 Å². The molecule has 4 nitrogen and oxygen atoms in total. The quantitative estimate of drug-likeness (QED) is 0.879. The first-order valence-electron chi connectivity index (χ1n) is 7.35. The van der Waals surface area contributed by atoms with Crippen molar-refractivity contribution in [1.29, 1.82) is 0 Å². The minimum absolute atomic E-state index is 0.118. The summed E-state index contributed by atoms with van der Waals surface area (Å²) < 4.78 is 5.84. The van der Waals surface area contributed by atoms with Gasteiger partial charge in [-0.1, -0.05) is 12.1 Å². The Bertz CT molecular complexity index is 680. The molecule has 0 unspecified atom stereocenters. The van der Waals surface area contributed by atoms with E-state index < -0.39 is 0 Å². The molecule has 2 aromatic rings. The lowest BCUT2D eigenvalue weighted by atomic mass is 10.1. The Morgan fingerprint density at radius 3 is 3.00 bits per heavy atom. The summed E-state index contributed by atoms with van der Waals surface area (Å²) in [6, 6.07) is 8.21. The molecule has 0 saturated carbocycles. The molecule has 0 bridgehead atoms. The Balaban J connectivity index is 1.80. The van der Waals surface area contributed by atoms with E-state index in [0.29, 0.717) is 0 Å². The van der Waals surface area contributed by atoms with Crippen molar-refractivity contribution < 1.29 is 4.74 Å². The summed E-state index contributed by atoms with van der Waals surface area (Å²) in [6.07, 6.45) is 0.934. The van der Waals surface area contributed by atoms with Crippen LogP contribution in [-0.4, -0.2) is 30.3 Å². The van der Waals surface area contributed by atoms with Crippen molar-refractivity contribution in [3.05, 3.63) is 29.1 Å². The summed E-state index contributed by atoms with van der Waals surface area (Å²) in [6.45, 7) is 7.12. The van der Waals surface area contributed by atoms with E-state index in [4.69, 9.17) is 9.72 Å². The van der Waals surface area contributed by atoms with E-state index in [-0.39, 0.29) is 5.54 Å². The van der Waals surface area contributed by atoms with E-state index in [1.807, 2.05) is 12.1 Å². The van der Waals surface area contributed by atoms with Crippen LogP contribution >= 0.6 is 11.3 Å².